The molecule has 1 heterocycles. The number of nitrogens with one attached hydrogen (secondary N) is 1. The number of halogens is 1. The van der Waals surface area contributed by atoms with E-state index in [4.69, 9.17) is 14.2 Å². The minimum Gasteiger partial charge on any atom is -0.496 e. The fourth-order valence-electron chi connectivity index (χ4n) is 2.27. The molecule has 0 aliphatic heterocycles. The first-order valence-corrected chi connectivity index (χ1v) is 9.46. The zero-order valence-electron chi connectivity index (χ0n) is 15.7. The lowest BCUT2D eigenvalue weighted by Crippen LogP contribution is -2.14. The molecule has 0 radical (unpaired) electrons. The van der Waals surface area contributed by atoms with E-state index in [1.165, 1.54) is 24.3 Å². The van der Waals surface area contributed by atoms with Crippen molar-refractivity contribution in [3.8, 4) is 23.1 Å². The van der Waals surface area contributed by atoms with Crippen molar-refractivity contribution >= 4 is 23.4 Å². The van der Waals surface area contributed by atoms with Crippen LogP contribution in [0.2, 0.25) is 0 Å². The monoisotopic (exact) mass is 415 g/mol. The number of anilines is 1. The summed E-state index contributed by atoms with van der Waals surface area (Å²) in [5, 5.41) is 3.06. The van der Waals surface area contributed by atoms with Crippen molar-refractivity contribution in [2.24, 2.45) is 0 Å². The Morgan fingerprint density at radius 1 is 1.03 bits per heavy atom. The van der Waals surface area contributed by atoms with Crippen molar-refractivity contribution in [2.45, 2.75) is 5.16 Å². The number of thioether (sulfide) groups is 1. The van der Waals surface area contributed by atoms with Crippen molar-refractivity contribution in [2.75, 3.05) is 25.3 Å². The van der Waals surface area contributed by atoms with Crippen molar-refractivity contribution in [3.63, 3.8) is 0 Å². The number of benzene rings is 2. The molecule has 0 saturated carbocycles. The van der Waals surface area contributed by atoms with Gasteiger partial charge in [0.05, 0.1) is 20.0 Å². The van der Waals surface area contributed by atoms with Gasteiger partial charge in [-0.3, -0.25) is 4.79 Å². The summed E-state index contributed by atoms with van der Waals surface area (Å²) in [6.07, 6.45) is 1.54. The zero-order chi connectivity index (χ0) is 20.6. The van der Waals surface area contributed by atoms with Gasteiger partial charge < -0.3 is 19.5 Å². The Morgan fingerprint density at radius 3 is 2.34 bits per heavy atom. The van der Waals surface area contributed by atoms with E-state index in [9.17, 15) is 9.18 Å². The van der Waals surface area contributed by atoms with Gasteiger partial charge in [-0.1, -0.05) is 11.8 Å². The largest absolute Gasteiger partial charge is 0.496 e. The Balaban J connectivity index is 1.61. The van der Waals surface area contributed by atoms with E-state index in [0.29, 0.717) is 34.0 Å². The fraction of sp³-hybridized carbons (Fsp3) is 0.150. The van der Waals surface area contributed by atoms with Crippen molar-refractivity contribution < 1.29 is 23.4 Å². The molecular weight excluding hydrogens is 397 g/mol. The molecule has 1 amide bonds. The molecule has 3 aromatic rings. The quantitative estimate of drug-likeness (QED) is 0.437. The number of nitrogens with zero attached hydrogens (tertiary/aromatic N) is 2. The highest BCUT2D eigenvalue weighted by atomic mass is 32.2. The second-order valence-corrected chi connectivity index (χ2v) is 6.61. The van der Waals surface area contributed by atoms with Crippen LogP contribution >= 0.6 is 11.8 Å². The molecule has 3 rings (SSSR count). The third kappa shape index (κ3) is 6.08. The average molecular weight is 415 g/mol. The van der Waals surface area contributed by atoms with Gasteiger partial charge in [-0.15, -0.1) is 0 Å². The maximum Gasteiger partial charge on any atom is 0.234 e. The van der Waals surface area contributed by atoms with E-state index >= 15 is 0 Å². The Labute approximate surface area is 171 Å². The van der Waals surface area contributed by atoms with Gasteiger partial charge in [0.15, 0.2) is 5.16 Å². The second-order valence-electron chi connectivity index (χ2n) is 5.67. The highest BCUT2D eigenvalue weighted by Crippen LogP contribution is 2.30. The van der Waals surface area contributed by atoms with Crippen LogP contribution in [0.3, 0.4) is 0 Å². The topological polar surface area (TPSA) is 82.6 Å². The Hall–Kier alpha value is -3.33. The molecule has 0 bridgehead atoms. The summed E-state index contributed by atoms with van der Waals surface area (Å²) in [5.74, 6) is 1.45. The number of hydrogen-bond acceptors (Lipinski definition) is 7. The summed E-state index contributed by atoms with van der Waals surface area (Å²) >= 11 is 1.15. The lowest BCUT2D eigenvalue weighted by Gasteiger charge is -2.10. The van der Waals surface area contributed by atoms with Crippen LogP contribution in [-0.2, 0) is 4.79 Å². The van der Waals surface area contributed by atoms with Crippen molar-refractivity contribution in [1.82, 2.24) is 9.97 Å². The lowest BCUT2D eigenvalue weighted by molar-refractivity contribution is -0.113. The number of carbonyl (C=O) groups is 1. The zero-order valence-corrected chi connectivity index (χ0v) is 16.5. The van der Waals surface area contributed by atoms with Crippen LogP contribution in [0.5, 0.6) is 23.1 Å². The molecule has 29 heavy (non-hydrogen) atoms. The molecule has 0 aliphatic rings. The molecule has 0 unspecified atom stereocenters. The van der Waals surface area contributed by atoms with Gasteiger partial charge in [-0.25, -0.2) is 9.37 Å². The van der Waals surface area contributed by atoms with E-state index in [0.717, 1.165) is 11.8 Å². The number of amides is 1. The standard InChI is InChI=1S/C20H18FN3O4S/c1-26-15-9-16(27-2)11-17(10-15)28-19-7-8-22-20(24-19)29-12-18(25)23-14-5-3-13(21)4-6-14/h3-11H,12H2,1-2H3,(H,23,25). The third-order valence-electron chi connectivity index (χ3n) is 3.62. The molecule has 150 valence electrons. The molecule has 0 spiro atoms. The number of hydrogen-bond donors (Lipinski definition) is 1. The smallest absolute Gasteiger partial charge is 0.234 e. The normalized spacial score (nSPS) is 10.3. The van der Waals surface area contributed by atoms with Crippen LogP contribution in [0.1, 0.15) is 0 Å². The molecule has 0 aliphatic carbocycles. The van der Waals surface area contributed by atoms with Crippen LogP contribution in [0.4, 0.5) is 10.1 Å². The number of rotatable bonds is 8. The van der Waals surface area contributed by atoms with Crippen LogP contribution in [0, 0.1) is 5.82 Å². The number of aromatic nitrogens is 2. The highest BCUT2D eigenvalue weighted by molar-refractivity contribution is 7.99. The highest BCUT2D eigenvalue weighted by Gasteiger charge is 2.09. The predicted octanol–water partition coefficient (Wildman–Crippen LogP) is 4.16. The first-order chi connectivity index (χ1) is 14.1. The fourth-order valence-corrected chi connectivity index (χ4v) is 2.90. The minimum absolute atomic E-state index is 0.0911. The van der Waals surface area contributed by atoms with Crippen molar-refractivity contribution in [3.05, 3.63) is 60.5 Å². The lowest BCUT2D eigenvalue weighted by atomic mass is 10.3. The molecular formula is C20H18FN3O4S. The van der Waals surface area contributed by atoms with Crippen LogP contribution in [-0.4, -0.2) is 35.8 Å². The summed E-state index contributed by atoms with van der Waals surface area (Å²) in [5.41, 5.74) is 0.516. The molecule has 9 heteroatoms. The van der Waals surface area contributed by atoms with E-state index in [1.54, 1.807) is 44.7 Å². The SMILES string of the molecule is COc1cc(OC)cc(Oc2ccnc(SCC(=O)Nc3ccc(F)cc3)n2)c1. The van der Waals surface area contributed by atoms with Gasteiger partial charge in [0.1, 0.15) is 23.1 Å². The second kappa shape index (κ2) is 9.74. The molecule has 1 N–H and O–H groups in total. The number of carbonyl (C=O) groups excluding carboxylic acids is 1. The first kappa shape index (κ1) is 20.4. The molecule has 1 aromatic heterocycles. The summed E-state index contributed by atoms with van der Waals surface area (Å²) in [4.78, 5) is 20.5. The molecule has 0 saturated heterocycles. The Morgan fingerprint density at radius 2 is 1.69 bits per heavy atom. The molecule has 7 nitrogen and oxygen atoms in total. The van der Waals surface area contributed by atoms with E-state index in [1.807, 2.05) is 0 Å². The van der Waals surface area contributed by atoms with Gasteiger partial charge in [0, 0.05) is 36.1 Å². The molecule has 0 fully saturated rings. The first-order valence-electron chi connectivity index (χ1n) is 8.48. The average Bonchev–Trinajstić information content (AvgIpc) is 2.74. The van der Waals surface area contributed by atoms with Gasteiger partial charge in [0.25, 0.3) is 0 Å². The summed E-state index contributed by atoms with van der Waals surface area (Å²) < 4.78 is 29.1. The number of ether oxygens (including phenoxy) is 3. The predicted molar refractivity (Wildman–Crippen MR) is 107 cm³/mol. The third-order valence-corrected chi connectivity index (χ3v) is 4.48. The number of methoxy groups -OCH3 is 2. The van der Waals surface area contributed by atoms with Gasteiger partial charge in [-0.05, 0) is 24.3 Å². The van der Waals surface area contributed by atoms with Gasteiger partial charge >= 0.3 is 0 Å². The van der Waals surface area contributed by atoms with Crippen LogP contribution < -0.4 is 19.5 Å². The van der Waals surface area contributed by atoms with Crippen LogP contribution in [0.15, 0.2) is 59.9 Å². The van der Waals surface area contributed by atoms with Crippen molar-refractivity contribution in [1.29, 1.82) is 0 Å². The van der Waals surface area contributed by atoms with E-state index in [2.05, 4.69) is 15.3 Å². The van der Waals surface area contributed by atoms with Gasteiger partial charge in [-0.2, -0.15) is 4.98 Å². The summed E-state index contributed by atoms with van der Waals surface area (Å²) in [6, 6.07) is 12.3. The van der Waals surface area contributed by atoms with E-state index in [-0.39, 0.29) is 17.5 Å². The summed E-state index contributed by atoms with van der Waals surface area (Å²) in [7, 11) is 3.10. The Bertz CT molecular complexity index is 963. The molecule has 2 aromatic carbocycles. The maximum atomic E-state index is 12.9. The molecule has 0 atom stereocenters. The minimum atomic E-state index is -0.365. The summed E-state index contributed by atoms with van der Waals surface area (Å²) in [6.45, 7) is 0. The van der Waals surface area contributed by atoms with E-state index < -0.39 is 0 Å². The van der Waals surface area contributed by atoms with Gasteiger partial charge in [0.2, 0.25) is 11.8 Å². The van der Waals surface area contributed by atoms with Crippen LogP contribution in [0.25, 0.3) is 0 Å². The maximum absolute atomic E-state index is 12.9. The Kier molecular flexibility index (Phi) is 6.85.